The average Bonchev–Trinajstić information content (AvgIpc) is 2.82. The summed E-state index contributed by atoms with van der Waals surface area (Å²) in [4.78, 5) is 15.3. The van der Waals surface area contributed by atoms with Gasteiger partial charge in [-0.2, -0.15) is 0 Å². The Bertz CT molecular complexity index is 874. The van der Waals surface area contributed by atoms with Gasteiger partial charge in [-0.15, -0.1) is 0 Å². The van der Waals surface area contributed by atoms with E-state index in [0.717, 1.165) is 18.2 Å². The van der Waals surface area contributed by atoms with Crippen molar-refractivity contribution in [2.45, 2.75) is 6.92 Å². The first kappa shape index (κ1) is 13.2. The van der Waals surface area contributed by atoms with Gasteiger partial charge in [-0.25, -0.2) is 18.6 Å². The second-order valence-corrected chi connectivity index (χ2v) is 4.43. The second kappa shape index (κ2) is 4.62. The van der Waals surface area contributed by atoms with E-state index in [9.17, 15) is 18.7 Å². The van der Waals surface area contributed by atoms with Crippen molar-refractivity contribution in [1.82, 2.24) is 10.1 Å². The minimum atomic E-state index is -1.23. The lowest BCUT2D eigenvalue weighted by Crippen LogP contribution is -2.00. The highest BCUT2D eigenvalue weighted by molar-refractivity contribution is 6.03. The summed E-state index contributed by atoms with van der Waals surface area (Å²) < 4.78 is 32.0. The smallest absolute Gasteiger partial charge is 0.336 e. The number of hydrogen-bond acceptors (Lipinski definition) is 4. The van der Waals surface area contributed by atoms with Crippen molar-refractivity contribution in [3.05, 3.63) is 47.2 Å². The third-order valence-electron chi connectivity index (χ3n) is 3.05. The largest absolute Gasteiger partial charge is 0.478 e. The lowest BCUT2D eigenvalue weighted by atomic mass is 10.1. The number of aromatic carboxylic acids is 1. The van der Waals surface area contributed by atoms with Gasteiger partial charge >= 0.3 is 5.97 Å². The van der Waals surface area contributed by atoms with Crippen LogP contribution in [0.5, 0.6) is 0 Å². The Hall–Kier alpha value is -2.83. The van der Waals surface area contributed by atoms with Crippen molar-refractivity contribution in [2.75, 3.05) is 0 Å². The van der Waals surface area contributed by atoms with Gasteiger partial charge in [0.2, 0.25) is 0 Å². The summed E-state index contributed by atoms with van der Waals surface area (Å²) in [5, 5.41) is 13.1. The maximum Gasteiger partial charge on any atom is 0.336 e. The molecule has 0 fully saturated rings. The van der Waals surface area contributed by atoms with Crippen molar-refractivity contribution in [1.29, 1.82) is 0 Å². The normalized spacial score (nSPS) is 11.0. The monoisotopic (exact) mass is 290 g/mol. The first-order valence-electron chi connectivity index (χ1n) is 5.93. The van der Waals surface area contributed by atoms with E-state index in [-0.39, 0.29) is 27.9 Å². The molecular formula is C14H8F2N2O3. The molecule has 0 aliphatic rings. The number of halogens is 2. The highest BCUT2D eigenvalue weighted by Crippen LogP contribution is 2.28. The van der Waals surface area contributed by atoms with Crippen molar-refractivity contribution in [3.63, 3.8) is 0 Å². The van der Waals surface area contributed by atoms with Crippen LogP contribution in [0.1, 0.15) is 16.1 Å². The molecule has 0 saturated carbocycles. The van der Waals surface area contributed by atoms with Crippen LogP contribution in [-0.4, -0.2) is 21.2 Å². The molecule has 0 atom stereocenters. The van der Waals surface area contributed by atoms with Crippen LogP contribution in [0.25, 0.3) is 22.4 Å². The molecule has 0 bridgehead atoms. The minimum Gasteiger partial charge on any atom is -0.478 e. The van der Waals surface area contributed by atoms with E-state index >= 15 is 0 Å². The number of aromatic nitrogens is 2. The molecule has 0 aliphatic carbocycles. The zero-order valence-electron chi connectivity index (χ0n) is 10.7. The lowest BCUT2D eigenvalue weighted by Gasteiger charge is -2.05. The van der Waals surface area contributed by atoms with E-state index in [1.165, 1.54) is 6.07 Å². The number of nitrogens with zero attached hydrogens (tertiary/aromatic N) is 2. The molecule has 2 heterocycles. The second-order valence-electron chi connectivity index (χ2n) is 4.43. The number of carboxylic acid groups (broad SMARTS) is 1. The van der Waals surface area contributed by atoms with Crippen molar-refractivity contribution >= 4 is 17.1 Å². The third-order valence-corrected chi connectivity index (χ3v) is 3.05. The molecule has 0 saturated heterocycles. The van der Waals surface area contributed by atoms with Gasteiger partial charge in [0.15, 0.2) is 0 Å². The Kier molecular flexibility index (Phi) is 2.90. The van der Waals surface area contributed by atoms with Crippen LogP contribution in [0, 0.1) is 18.6 Å². The van der Waals surface area contributed by atoms with Gasteiger partial charge in [0, 0.05) is 5.56 Å². The Balaban J connectivity index is 2.34. The molecule has 106 valence electrons. The Morgan fingerprint density at radius 3 is 2.76 bits per heavy atom. The summed E-state index contributed by atoms with van der Waals surface area (Å²) >= 11 is 0. The van der Waals surface area contributed by atoms with Gasteiger partial charge in [0.05, 0.1) is 22.3 Å². The molecule has 0 aliphatic heterocycles. The molecule has 3 rings (SSSR count). The molecule has 0 radical (unpaired) electrons. The van der Waals surface area contributed by atoms with Gasteiger partial charge in [-0.3, -0.25) is 0 Å². The zero-order chi connectivity index (χ0) is 15.1. The van der Waals surface area contributed by atoms with Gasteiger partial charge in [0.1, 0.15) is 11.6 Å². The number of aryl methyl sites for hydroxylation is 1. The van der Waals surface area contributed by atoms with Crippen LogP contribution in [0.4, 0.5) is 8.78 Å². The topological polar surface area (TPSA) is 76.2 Å². The lowest BCUT2D eigenvalue weighted by molar-refractivity contribution is 0.0699. The molecular weight excluding hydrogens is 282 g/mol. The molecule has 0 amide bonds. The van der Waals surface area contributed by atoms with E-state index in [1.807, 2.05) is 0 Å². The summed E-state index contributed by atoms with van der Waals surface area (Å²) in [5.74, 6) is -2.60. The molecule has 5 nitrogen and oxygen atoms in total. The molecule has 0 unspecified atom stereocenters. The van der Waals surface area contributed by atoms with Crippen molar-refractivity contribution in [2.24, 2.45) is 0 Å². The number of carbonyl (C=O) groups is 1. The average molecular weight is 290 g/mol. The predicted molar refractivity (Wildman–Crippen MR) is 68.9 cm³/mol. The summed E-state index contributed by atoms with van der Waals surface area (Å²) in [7, 11) is 0. The number of carboxylic acids is 1. The molecule has 2 aromatic heterocycles. The van der Waals surface area contributed by atoms with Crippen LogP contribution >= 0.6 is 0 Å². The number of fused-ring (bicyclic) bond motifs is 1. The number of hydrogen-bond donors (Lipinski definition) is 1. The fourth-order valence-corrected chi connectivity index (χ4v) is 2.10. The van der Waals surface area contributed by atoms with Gasteiger partial charge in [-0.05, 0) is 31.2 Å². The number of benzene rings is 1. The number of pyridine rings is 1. The highest BCUT2D eigenvalue weighted by atomic mass is 19.1. The van der Waals surface area contributed by atoms with E-state index < -0.39 is 17.6 Å². The minimum absolute atomic E-state index is 0.0342. The van der Waals surface area contributed by atoms with E-state index in [4.69, 9.17) is 4.52 Å². The molecule has 0 spiro atoms. The van der Waals surface area contributed by atoms with E-state index in [2.05, 4.69) is 10.1 Å². The van der Waals surface area contributed by atoms with E-state index in [1.54, 1.807) is 6.92 Å². The highest BCUT2D eigenvalue weighted by Gasteiger charge is 2.20. The fraction of sp³-hybridized carbons (Fsp3) is 0.0714. The SMILES string of the molecule is Cc1noc2nc(-c3cc(F)ccc3F)cc(C(=O)O)c12. The quantitative estimate of drug-likeness (QED) is 0.784. The van der Waals surface area contributed by atoms with Gasteiger partial charge < -0.3 is 9.63 Å². The van der Waals surface area contributed by atoms with Gasteiger partial charge in [0.25, 0.3) is 5.71 Å². The van der Waals surface area contributed by atoms with Crippen molar-refractivity contribution in [3.8, 4) is 11.3 Å². The Morgan fingerprint density at radius 1 is 1.29 bits per heavy atom. The zero-order valence-corrected chi connectivity index (χ0v) is 10.7. The summed E-state index contributed by atoms with van der Waals surface area (Å²) in [6, 6.07) is 4.03. The summed E-state index contributed by atoms with van der Waals surface area (Å²) in [5.41, 5.74) is 0.0196. The van der Waals surface area contributed by atoms with Crippen LogP contribution in [-0.2, 0) is 0 Å². The molecule has 7 heteroatoms. The Morgan fingerprint density at radius 2 is 2.05 bits per heavy atom. The van der Waals surface area contributed by atoms with Crippen molar-refractivity contribution < 1.29 is 23.2 Å². The third kappa shape index (κ3) is 2.12. The van der Waals surface area contributed by atoms with Gasteiger partial charge in [-0.1, -0.05) is 5.16 Å². The fourth-order valence-electron chi connectivity index (χ4n) is 2.10. The maximum atomic E-state index is 13.8. The maximum absolute atomic E-state index is 13.8. The first-order valence-corrected chi connectivity index (χ1v) is 5.93. The Labute approximate surface area is 116 Å². The number of rotatable bonds is 2. The molecule has 21 heavy (non-hydrogen) atoms. The van der Waals surface area contributed by atoms with Crippen LogP contribution in [0.15, 0.2) is 28.8 Å². The predicted octanol–water partition coefficient (Wildman–Crippen LogP) is 3.17. The van der Waals surface area contributed by atoms with Crippen LogP contribution in [0.2, 0.25) is 0 Å². The summed E-state index contributed by atoms with van der Waals surface area (Å²) in [6.45, 7) is 1.57. The summed E-state index contributed by atoms with van der Waals surface area (Å²) in [6.07, 6.45) is 0. The molecule has 1 aromatic carbocycles. The first-order chi connectivity index (χ1) is 9.97. The molecule has 3 aromatic rings. The standard InChI is InChI=1S/C14H8F2N2O3/c1-6-12-9(14(19)20)5-11(17-13(12)21-18-6)8-4-7(15)2-3-10(8)16/h2-5H,1H3,(H,19,20). The van der Waals surface area contributed by atoms with Crippen LogP contribution < -0.4 is 0 Å². The molecule has 1 N–H and O–H groups in total. The van der Waals surface area contributed by atoms with E-state index in [0.29, 0.717) is 5.69 Å². The van der Waals surface area contributed by atoms with Crippen LogP contribution in [0.3, 0.4) is 0 Å².